The van der Waals surface area contributed by atoms with Crippen molar-refractivity contribution in [1.29, 1.82) is 0 Å². The highest BCUT2D eigenvalue weighted by atomic mass is 16.6. The van der Waals surface area contributed by atoms with Crippen LogP contribution in [0.1, 0.15) is 57.8 Å². The summed E-state index contributed by atoms with van der Waals surface area (Å²) in [5.74, 6) is -2.11. The first-order valence-corrected chi connectivity index (χ1v) is 9.23. The zero-order valence-electron chi connectivity index (χ0n) is 13.8. The zero-order chi connectivity index (χ0) is 16.9. The van der Waals surface area contributed by atoms with E-state index in [1.54, 1.807) is 0 Å². The van der Waals surface area contributed by atoms with Crippen molar-refractivity contribution in [3.05, 3.63) is 0 Å². The molecule has 0 aromatic carbocycles. The van der Waals surface area contributed by atoms with E-state index in [1.165, 1.54) is 0 Å². The minimum absolute atomic E-state index is 0.00769. The molecule has 4 aliphatic rings. The van der Waals surface area contributed by atoms with Crippen molar-refractivity contribution in [3.63, 3.8) is 0 Å². The fraction of sp³-hybridized carbons (Fsp3) is 0.889. The molecule has 0 spiro atoms. The molecule has 6 unspecified atom stereocenters. The summed E-state index contributed by atoms with van der Waals surface area (Å²) in [5.41, 5.74) is -0.955. The number of carboxylic acids is 2. The van der Waals surface area contributed by atoms with Crippen LogP contribution in [0.3, 0.4) is 0 Å². The third kappa shape index (κ3) is 2.84. The number of hydrogen-bond acceptors (Lipinski definition) is 6. The molecule has 2 aliphatic heterocycles. The van der Waals surface area contributed by atoms with Gasteiger partial charge in [-0.05, 0) is 69.6 Å². The molecule has 0 aromatic rings. The minimum atomic E-state index is -1.12. The Labute approximate surface area is 141 Å². The van der Waals surface area contributed by atoms with Crippen molar-refractivity contribution in [1.82, 2.24) is 0 Å². The topological polar surface area (TPSA) is 105 Å². The third-order valence-electron chi connectivity index (χ3n) is 6.82. The average molecular weight is 336 g/mol. The van der Waals surface area contributed by atoms with E-state index in [4.69, 9.17) is 9.47 Å². The number of carboxylic acid groups (broad SMARTS) is 2. The van der Waals surface area contributed by atoms with Gasteiger partial charge in [0, 0.05) is 17.4 Å². The molecule has 24 heavy (non-hydrogen) atoms. The highest BCUT2D eigenvalue weighted by Crippen LogP contribution is 2.56. The molecule has 2 heterocycles. The first-order chi connectivity index (χ1) is 11.5. The number of hydrogen-bond donors (Lipinski definition) is 0. The second-order valence-corrected chi connectivity index (χ2v) is 8.00. The highest BCUT2D eigenvalue weighted by molar-refractivity contribution is 5.74. The van der Waals surface area contributed by atoms with Gasteiger partial charge in [0.1, 0.15) is 0 Å². The molecular formula is C18H24O6-2. The molecule has 2 aliphatic carbocycles. The fourth-order valence-corrected chi connectivity index (χ4v) is 5.45. The highest BCUT2D eigenvalue weighted by Gasteiger charge is 2.56. The van der Waals surface area contributed by atoms with Gasteiger partial charge in [-0.1, -0.05) is 0 Å². The van der Waals surface area contributed by atoms with Crippen LogP contribution in [0.15, 0.2) is 0 Å². The Hall–Kier alpha value is -1.14. The van der Waals surface area contributed by atoms with Crippen molar-refractivity contribution in [3.8, 4) is 0 Å². The Morgan fingerprint density at radius 2 is 1.42 bits per heavy atom. The summed E-state index contributed by atoms with van der Waals surface area (Å²) in [4.78, 5) is 23.2. The van der Waals surface area contributed by atoms with E-state index in [2.05, 4.69) is 0 Å². The SMILES string of the molecule is O=C([O-])CCCC(C(=O)[O-])(C1CCC2OC2C1)C1CCC2OC2C1. The predicted molar refractivity (Wildman–Crippen MR) is 78.3 cm³/mol. The number of ether oxygens (including phenoxy) is 2. The van der Waals surface area contributed by atoms with Gasteiger partial charge in [-0.25, -0.2) is 0 Å². The summed E-state index contributed by atoms with van der Waals surface area (Å²) >= 11 is 0. The molecule has 4 fully saturated rings. The lowest BCUT2D eigenvalue weighted by Crippen LogP contribution is -2.54. The molecule has 0 bridgehead atoms. The molecule has 0 aromatic heterocycles. The quantitative estimate of drug-likeness (QED) is 0.595. The summed E-state index contributed by atoms with van der Waals surface area (Å²) in [7, 11) is 0. The van der Waals surface area contributed by atoms with Crippen LogP contribution in [0.2, 0.25) is 0 Å². The maximum absolute atomic E-state index is 12.4. The van der Waals surface area contributed by atoms with Crippen molar-refractivity contribution in [2.75, 3.05) is 0 Å². The molecule has 6 heteroatoms. The van der Waals surface area contributed by atoms with Gasteiger partial charge in [0.2, 0.25) is 0 Å². The van der Waals surface area contributed by atoms with Gasteiger partial charge >= 0.3 is 0 Å². The van der Waals surface area contributed by atoms with E-state index in [0.717, 1.165) is 38.5 Å². The maximum atomic E-state index is 12.4. The van der Waals surface area contributed by atoms with Crippen LogP contribution in [0.5, 0.6) is 0 Å². The molecule has 2 saturated heterocycles. The second kappa shape index (κ2) is 5.99. The lowest BCUT2D eigenvalue weighted by atomic mass is 9.57. The Balaban J connectivity index is 1.57. The van der Waals surface area contributed by atoms with Gasteiger partial charge < -0.3 is 29.3 Å². The lowest BCUT2D eigenvalue weighted by molar-refractivity contribution is -0.328. The first kappa shape index (κ1) is 16.3. The zero-order valence-corrected chi connectivity index (χ0v) is 13.8. The van der Waals surface area contributed by atoms with Crippen molar-refractivity contribution < 1.29 is 29.3 Å². The van der Waals surface area contributed by atoms with Crippen LogP contribution < -0.4 is 10.2 Å². The Morgan fingerprint density at radius 3 is 1.83 bits per heavy atom. The lowest BCUT2D eigenvalue weighted by Gasteiger charge is -2.49. The van der Waals surface area contributed by atoms with Crippen LogP contribution in [0.25, 0.3) is 0 Å². The van der Waals surface area contributed by atoms with Crippen LogP contribution in [0.4, 0.5) is 0 Å². The first-order valence-electron chi connectivity index (χ1n) is 9.23. The van der Waals surface area contributed by atoms with Gasteiger partial charge in [-0.15, -0.1) is 0 Å². The normalized spacial score (nSPS) is 42.3. The molecular weight excluding hydrogens is 312 g/mol. The molecule has 134 valence electrons. The molecule has 0 radical (unpaired) electrons. The Kier molecular flexibility index (Phi) is 4.07. The minimum Gasteiger partial charge on any atom is -0.550 e. The Morgan fingerprint density at radius 1 is 0.875 bits per heavy atom. The van der Waals surface area contributed by atoms with Crippen LogP contribution >= 0.6 is 0 Å². The van der Waals surface area contributed by atoms with Crippen molar-refractivity contribution in [2.24, 2.45) is 17.3 Å². The molecule has 6 nitrogen and oxygen atoms in total. The third-order valence-corrected chi connectivity index (χ3v) is 6.82. The molecule has 0 amide bonds. The van der Waals surface area contributed by atoms with Crippen molar-refractivity contribution >= 4 is 11.9 Å². The van der Waals surface area contributed by atoms with Crippen molar-refractivity contribution in [2.45, 2.75) is 82.2 Å². The number of epoxide rings is 2. The van der Waals surface area contributed by atoms with Crippen LogP contribution in [-0.2, 0) is 19.1 Å². The standard InChI is InChI=1S/C18H26O6/c19-16(20)2-1-7-18(17(21)22,10-3-5-12-14(8-10)23-12)11-4-6-13-15(9-11)24-13/h10-15H,1-9H2,(H,19,20)(H,21,22)/p-2. The van der Waals surface area contributed by atoms with E-state index in [9.17, 15) is 19.8 Å². The van der Waals surface area contributed by atoms with E-state index < -0.39 is 17.4 Å². The predicted octanol–water partition coefficient (Wildman–Crippen LogP) is -0.222. The summed E-state index contributed by atoms with van der Waals surface area (Å²) in [6, 6.07) is 0. The largest absolute Gasteiger partial charge is 0.550 e. The summed E-state index contributed by atoms with van der Waals surface area (Å²) in [5, 5.41) is 23.2. The van der Waals surface area contributed by atoms with E-state index >= 15 is 0 Å². The van der Waals surface area contributed by atoms with Gasteiger partial charge in [-0.3, -0.25) is 0 Å². The number of carbonyl (C=O) groups excluding carboxylic acids is 2. The smallest absolute Gasteiger partial charge is 0.0844 e. The molecule has 2 saturated carbocycles. The molecule has 4 rings (SSSR count). The second-order valence-electron chi connectivity index (χ2n) is 8.00. The maximum Gasteiger partial charge on any atom is 0.0844 e. The monoisotopic (exact) mass is 336 g/mol. The van der Waals surface area contributed by atoms with Gasteiger partial charge in [0.15, 0.2) is 0 Å². The fourth-order valence-electron chi connectivity index (χ4n) is 5.45. The van der Waals surface area contributed by atoms with E-state index in [0.29, 0.717) is 25.0 Å². The number of rotatable bonds is 7. The van der Waals surface area contributed by atoms with Crippen LogP contribution in [0, 0.1) is 17.3 Å². The number of aliphatic carboxylic acids is 2. The molecule has 6 atom stereocenters. The van der Waals surface area contributed by atoms with Crippen LogP contribution in [-0.4, -0.2) is 36.4 Å². The van der Waals surface area contributed by atoms with Gasteiger partial charge in [0.25, 0.3) is 0 Å². The Bertz CT molecular complexity index is 504. The number of fused-ring (bicyclic) bond motifs is 2. The summed E-state index contributed by atoms with van der Waals surface area (Å²) in [6.07, 6.45) is 6.57. The van der Waals surface area contributed by atoms with Gasteiger partial charge in [0.05, 0.1) is 24.4 Å². The van der Waals surface area contributed by atoms with E-state index in [-0.39, 0.29) is 30.5 Å². The van der Waals surface area contributed by atoms with E-state index in [1.807, 2.05) is 0 Å². The number of carbonyl (C=O) groups is 2. The molecule has 0 N–H and O–H groups in total. The average Bonchev–Trinajstić information content (AvgIpc) is 3.43. The van der Waals surface area contributed by atoms with Gasteiger partial charge in [-0.2, -0.15) is 0 Å². The summed E-state index contributed by atoms with van der Waals surface area (Å²) in [6.45, 7) is 0. The summed E-state index contributed by atoms with van der Waals surface area (Å²) < 4.78 is 11.2.